The normalized spacial score (nSPS) is 16.9. The van der Waals surface area contributed by atoms with E-state index < -0.39 is 6.09 Å². The summed E-state index contributed by atoms with van der Waals surface area (Å²) in [5, 5.41) is 5.45. The molecule has 2 rings (SSSR count). The summed E-state index contributed by atoms with van der Waals surface area (Å²) in [7, 11) is 0. The number of anilines is 1. The van der Waals surface area contributed by atoms with Crippen molar-refractivity contribution in [2.45, 2.75) is 19.3 Å². The average molecular weight is 248 g/mol. The van der Waals surface area contributed by atoms with Gasteiger partial charge in [0.1, 0.15) is 0 Å². The highest BCUT2D eigenvalue weighted by Crippen LogP contribution is 2.33. The first-order valence-electron chi connectivity index (χ1n) is 6.02. The molecule has 0 spiro atoms. The van der Waals surface area contributed by atoms with Crippen molar-refractivity contribution in [3.05, 3.63) is 29.8 Å². The largest absolute Gasteiger partial charge is 0.450 e. The molecule has 5 nitrogen and oxygen atoms in total. The molecule has 1 unspecified atom stereocenters. The van der Waals surface area contributed by atoms with Crippen LogP contribution in [0.5, 0.6) is 0 Å². The summed E-state index contributed by atoms with van der Waals surface area (Å²) < 4.78 is 4.75. The van der Waals surface area contributed by atoms with Crippen molar-refractivity contribution in [2.24, 2.45) is 0 Å². The van der Waals surface area contributed by atoms with Crippen molar-refractivity contribution < 1.29 is 14.3 Å². The minimum atomic E-state index is -0.441. The molecule has 0 radical (unpaired) electrons. The van der Waals surface area contributed by atoms with Gasteiger partial charge in [-0.05, 0) is 25.0 Å². The van der Waals surface area contributed by atoms with Crippen LogP contribution in [0.1, 0.15) is 24.8 Å². The summed E-state index contributed by atoms with van der Waals surface area (Å²) in [6, 6.07) is 7.61. The Morgan fingerprint density at radius 1 is 1.44 bits per heavy atom. The summed E-state index contributed by atoms with van der Waals surface area (Å²) in [5.41, 5.74) is 1.86. The molecule has 0 saturated carbocycles. The van der Waals surface area contributed by atoms with E-state index in [1.54, 1.807) is 6.92 Å². The van der Waals surface area contributed by atoms with E-state index in [1.165, 1.54) is 0 Å². The van der Waals surface area contributed by atoms with Gasteiger partial charge in [0.2, 0.25) is 5.91 Å². The van der Waals surface area contributed by atoms with Crippen LogP contribution in [-0.2, 0) is 9.53 Å². The Morgan fingerprint density at radius 2 is 2.22 bits per heavy atom. The van der Waals surface area contributed by atoms with Crippen LogP contribution in [0.3, 0.4) is 0 Å². The second-order valence-electron chi connectivity index (χ2n) is 4.07. The van der Waals surface area contributed by atoms with Crippen molar-refractivity contribution >= 4 is 17.7 Å². The van der Waals surface area contributed by atoms with Gasteiger partial charge >= 0.3 is 6.09 Å². The van der Waals surface area contributed by atoms with Crippen molar-refractivity contribution in [1.82, 2.24) is 5.32 Å². The van der Waals surface area contributed by atoms with Gasteiger partial charge in [0, 0.05) is 12.2 Å². The van der Waals surface area contributed by atoms with Gasteiger partial charge in [0.15, 0.2) is 0 Å². The number of fused-ring (bicyclic) bond motifs is 1. The zero-order valence-electron chi connectivity index (χ0n) is 10.2. The molecular weight excluding hydrogens is 232 g/mol. The third-order valence-corrected chi connectivity index (χ3v) is 2.89. The van der Waals surface area contributed by atoms with Gasteiger partial charge in [-0.1, -0.05) is 18.2 Å². The summed E-state index contributed by atoms with van der Waals surface area (Å²) in [5.74, 6) is -0.204. The number of benzene rings is 1. The molecule has 0 fully saturated rings. The molecule has 1 atom stereocenters. The van der Waals surface area contributed by atoms with Crippen LogP contribution in [0.2, 0.25) is 0 Å². The van der Waals surface area contributed by atoms with E-state index in [9.17, 15) is 9.59 Å². The number of hydrogen-bond donors (Lipinski definition) is 2. The standard InChI is InChI=1S/C13H16N2O3/c1-2-18-13(17)14-8-7-10-9-5-3-4-6-11(9)15-12(10)16/h3-6,10H,2,7-8H2,1H3,(H,14,17)(H,15,16). The van der Waals surface area contributed by atoms with E-state index in [-0.39, 0.29) is 11.8 Å². The fourth-order valence-electron chi connectivity index (χ4n) is 2.06. The zero-order valence-corrected chi connectivity index (χ0v) is 10.2. The average Bonchev–Trinajstić information content (AvgIpc) is 2.66. The van der Waals surface area contributed by atoms with Crippen molar-refractivity contribution in [1.29, 1.82) is 0 Å². The highest BCUT2D eigenvalue weighted by Gasteiger charge is 2.29. The van der Waals surface area contributed by atoms with E-state index in [2.05, 4.69) is 10.6 Å². The van der Waals surface area contributed by atoms with Gasteiger partial charge in [-0.2, -0.15) is 0 Å². The molecule has 1 heterocycles. The molecule has 0 saturated heterocycles. The zero-order chi connectivity index (χ0) is 13.0. The van der Waals surface area contributed by atoms with Crippen LogP contribution in [-0.4, -0.2) is 25.2 Å². The Hall–Kier alpha value is -2.04. The maximum atomic E-state index is 11.8. The van der Waals surface area contributed by atoms with Gasteiger partial charge in [0.05, 0.1) is 12.5 Å². The Morgan fingerprint density at radius 3 is 3.00 bits per heavy atom. The molecule has 0 aliphatic carbocycles. The number of ether oxygens (including phenoxy) is 1. The van der Waals surface area contributed by atoms with Gasteiger partial charge in [-0.15, -0.1) is 0 Å². The van der Waals surface area contributed by atoms with Crippen molar-refractivity contribution in [3.8, 4) is 0 Å². The topological polar surface area (TPSA) is 67.4 Å². The van der Waals surface area contributed by atoms with Gasteiger partial charge in [0.25, 0.3) is 0 Å². The monoisotopic (exact) mass is 248 g/mol. The fourth-order valence-corrected chi connectivity index (χ4v) is 2.06. The summed E-state index contributed by atoms with van der Waals surface area (Å²) in [6.07, 6.45) is 0.131. The molecular formula is C13H16N2O3. The lowest BCUT2D eigenvalue weighted by molar-refractivity contribution is -0.117. The molecule has 1 aliphatic heterocycles. The molecule has 96 valence electrons. The maximum Gasteiger partial charge on any atom is 0.407 e. The van der Waals surface area contributed by atoms with Crippen LogP contribution >= 0.6 is 0 Å². The number of nitrogens with one attached hydrogen (secondary N) is 2. The second kappa shape index (κ2) is 5.53. The summed E-state index contributed by atoms with van der Waals surface area (Å²) in [6.45, 7) is 2.52. The SMILES string of the molecule is CCOC(=O)NCCC1C(=O)Nc2ccccc21. The first kappa shape index (κ1) is 12.4. The molecule has 1 aliphatic rings. The molecule has 2 amide bonds. The number of carbonyl (C=O) groups excluding carboxylic acids is 2. The van der Waals surface area contributed by atoms with E-state index >= 15 is 0 Å². The second-order valence-corrected chi connectivity index (χ2v) is 4.07. The predicted molar refractivity (Wildman–Crippen MR) is 67.5 cm³/mol. The van der Waals surface area contributed by atoms with Crippen molar-refractivity contribution in [2.75, 3.05) is 18.5 Å². The minimum absolute atomic E-state index is 0.0122. The van der Waals surface area contributed by atoms with Crippen LogP contribution in [0.4, 0.5) is 10.5 Å². The first-order valence-corrected chi connectivity index (χ1v) is 6.02. The molecule has 0 aromatic heterocycles. The highest BCUT2D eigenvalue weighted by molar-refractivity contribution is 6.02. The summed E-state index contributed by atoms with van der Waals surface area (Å²) in [4.78, 5) is 22.9. The van der Waals surface area contributed by atoms with Crippen LogP contribution in [0.25, 0.3) is 0 Å². The number of amides is 2. The van der Waals surface area contributed by atoms with Gasteiger partial charge < -0.3 is 15.4 Å². The highest BCUT2D eigenvalue weighted by atomic mass is 16.5. The Kier molecular flexibility index (Phi) is 3.82. The third kappa shape index (κ3) is 2.61. The lowest BCUT2D eigenvalue weighted by atomic mass is 9.97. The third-order valence-electron chi connectivity index (χ3n) is 2.89. The number of carbonyl (C=O) groups is 2. The minimum Gasteiger partial charge on any atom is -0.450 e. The number of rotatable bonds is 4. The first-order chi connectivity index (χ1) is 8.72. The molecule has 18 heavy (non-hydrogen) atoms. The fraction of sp³-hybridized carbons (Fsp3) is 0.385. The van der Waals surface area contributed by atoms with E-state index in [0.717, 1.165) is 11.3 Å². The van der Waals surface area contributed by atoms with E-state index in [1.807, 2.05) is 24.3 Å². The van der Waals surface area contributed by atoms with Crippen LogP contribution < -0.4 is 10.6 Å². The Bertz CT molecular complexity index is 459. The smallest absolute Gasteiger partial charge is 0.407 e. The molecule has 5 heteroatoms. The number of hydrogen-bond acceptors (Lipinski definition) is 3. The maximum absolute atomic E-state index is 11.8. The van der Waals surface area contributed by atoms with E-state index in [4.69, 9.17) is 4.74 Å². The quantitative estimate of drug-likeness (QED) is 0.854. The molecule has 0 bridgehead atoms. The lowest BCUT2D eigenvalue weighted by Gasteiger charge is -2.09. The Labute approximate surface area is 106 Å². The lowest BCUT2D eigenvalue weighted by Crippen LogP contribution is -2.27. The van der Waals surface area contributed by atoms with Gasteiger partial charge in [-0.3, -0.25) is 4.79 Å². The summed E-state index contributed by atoms with van der Waals surface area (Å²) >= 11 is 0. The molecule has 1 aromatic rings. The van der Waals surface area contributed by atoms with E-state index in [0.29, 0.717) is 19.6 Å². The van der Waals surface area contributed by atoms with Gasteiger partial charge in [-0.25, -0.2) is 4.79 Å². The van der Waals surface area contributed by atoms with Crippen LogP contribution in [0.15, 0.2) is 24.3 Å². The Balaban J connectivity index is 1.90. The van der Waals surface area contributed by atoms with Crippen LogP contribution in [0, 0.1) is 0 Å². The predicted octanol–water partition coefficient (Wildman–Crippen LogP) is 1.86. The molecule has 2 N–H and O–H groups in total. The number of alkyl carbamates (subject to hydrolysis) is 1. The molecule has 1 aromatic carbocycles. The van der Waals surface area contributed by atoms with Crippen molar-refractivity contribution in [3.63, 3.8) is 0 Å². The number of para-hydroxylation sites is 1.